The Labute approximate surface area is 188 Å². The van der Waals surface area contributed by atoms with E-state index in [1.165, 1.54) is 5.56 Å². The number of carbonyl (C=O) groups is 2. The molecule has 0 spiro atoms. The largest absolute Gasteiger partial charge is 0.487 e. The third-order valence-corrected chi connectivity index (χ3v) is 7.44. The maximum atomic E-state index is 13.4. The molecule has 0 bridgehead atoms. The molecular weight excluding hydrogens is 406 g/mol. The molecule has 2 heterocycles. The van der Waals surface area contributed by atoms with Crippen LogP contribution in [-0.2, 0) is 6.42 Å². The van der Waals surface area contributed by atoms with Crippen molar-refractivity contribution in [2.75, 3.05) is 13.1 Å². The molecule has 4 atom stereocenters. The van der Waals surface area contributed by atoms with Gasteiger partial charge in [0.15, 0.2) is 5.78 Å². The minimum absolute atomic E-state index is 0.0143. The van der Waals surface area contributed by atoms with Crippen LogP contribution in [0.1, 0.15) is 69.0 Å². The van der Waals surface area contributed by atoms with Crippen LogP contribution in [0.15, 0.2) is 22.6 Å². The summed E-state index contributed by atoms with van der Waals surface area (Å²) in [6.07, 6.45) is 2.45. The lowest BCUT2D eigenvalue weighted by Crippen LogP contribution is -2.42. The van der Waals surface area contributed by atoms with Gasteiger partial charge in [0.1, 0.15) is 23.4 Å². The van der Waals surface area contributed by atoms with Crippen molar-refractivity contribution in [3.8, 4) is 5.75 Å². The molecule has 32 heavy (non-hydrogen) atoms. The fourth-order valence-electron chi connectivity index (χ4n) is 5.80. The molecule has 5 rings (SSSR count). The summed E-state index contributed by atoms with van der Waals surface area (Å²) in [7, 11) is 0. The molecule has 6 heteroatoms. The van der Waals surface area contributed by atoms with Gasteiger partial charge in [0.2, 0.25) is 0 Å². The Morgan fingerprint density at radius 2 is 1.88 bits per heavy atom. The maximum absolute atomic E-state index is 13.4. The number of aliphatic hydroxyl groups excluding tert-OH is 1. The van der Waals surface area contributed by atoms with Crippen molar-refractivity contribution in [3.63, 3.8) is 0 Å². The van der Waals surface area contributed by atoms with Crippen molar-refractivity contribution in [3.05, 3.63) is 52.0 Å². The average Bonchev–Trinajstić information content (AvgIpc) is 3.30. The number of ketones is 1. The van der Waals surface area contributed by atoms with Crippen molar-refractivity contribution in [1.29, 1.82) is 0 Å². The first-order chi connectivity index (χ1) is 15.3. The van der Waals surface area contributed by atoms with Crippen LogP contribution in [0.25, 0.3) is 0 Å². The molecule has 1 aromatic heterocycles. The average molecular weight is 438 g/mol. The Kier molecular flexibility index (Phi) is 5.36. The summed E-state index contributed by atoms with van der Waals surface area (Å²) in [6.45, 7) is 7.07. The van der Waals surface area contributed by atoms with E-state index in [9.17, 15) is 14.7 Å². The van der Waals surface area contributed by atoms with E-state index in [0.29, 0.717) is 61.4 Å². The van der Waals surface area contributed by atoms with E-state index in [1.807, 2.05) is 30.9 Å². The van der Waals surface area contributed by atoms with E-state index in [0.717, 1.165) is 17.7 Å². The van der Waals surface area contributed by atoms with Crippen molar-refractivity contribution in [2.24, 2.45) is 11.8 Å². The molecule has 1 saturated heterocycles. The number of Topliss-reactive ketones (excluding diaryl/α,β-unsaturated/α-hetero) is 1. The highest BCUT2D eigenvalue weighted by Gasteiger charge is 2.45. The molecule has 0 unspecified atom stereocenters. The van der Waals surface area contributed by atoms with Gasteiger partial charge in [-0.05, 0) is 63.5 Å². The van der Waals surface area contributed by atoms with Crippen LogP contribution in [0.2, 0.25) is 0 Å². The molecule has 0 radical (unpaired) electrons. The first-order valence-corrected chi connectivity index (χ1v) is 11.7. The fraction of sp³-hybridized carbons (Fsp3) is 0.538. The number of fused-ring (bicyclic) bond motifs is 2. The molecule has 3 aliphatic rings. The lowest BCUT2D eigenvalue weighted by molar-refractivity contribution is -0.0234. The Bertz CT molecular complexity index is 1070. The molecule has 1 aliphatic heterocycles. The van der Waals surface area contributed by atoms with Gasteiger partial charge in [0, 0.05) is 25.9 Å². The van der Waals surface area contributed by atoms with E-state index in [4.69, 9.17) is 9.15 Å². The SMILES string of the molecule is Cc1ccc(O[C@@H]2C[C@@H]3CN(C(=O)c4c(C)oc5c4C(=O)CCC5)C[C@@H]3C[C@H]2O)c(C)c1. The molecule has 170 valence electrons. The maximum Gasteiger partial charge on any atom is 0.258 e. The molecular formula is C26H31NO5. The molecule has 2 aliphatic carbocycles. The highest BCUT2D eigenvalue weighted by Crippen LogP contribution is 2.40. The minimum Gasteiger partial charge on any atom is -0.487 e. The Hall–Kier alpha value is -2.60. The predicted octanol–water partition coefficient (Wildman–Crippen LogP) is 4.01. The highest BCUT2D eigenvalue weighted by atomic mass is 16.5. The number of aliphatic hydroxyl groups is 1. The molecule has 1 N–H and O–H groups in total. The number of hydrogen-bond acceptors (Lipinski definition) is 5. The third-order valence-electron chi connectivity index (χ3n) is 7.44. The summed E-state index contributed by atoms with van der Waals surface area (Å²) in [4.78, 5) is 27.8. The number of furan rings is 1. The van der Waals surface area contributed by atoms with Crippen molar-refractivity contribution in [2.45, 2.75) is 65.1 Å². The zero-order valence-corrected chi connectivity index (χ0v) is 19.0. The number of carbonyl (C=O) groups excluding carboxylic acids is 2. The first-order valence-electron chi connectivity index (χ1n) is 11.7. The minimum atomic E-state index is -0.558. The molecule has 1 aromatic carbocycles. The second kappa shape index (κ2) is 8.07. The number of amides is 1. The lowest BCUT2D eigenvalue weighted by atomic mass is 9.78. The summed E-state index contributed by atoms with van der Waals surface area (Å²) in [5, 5.41) is 10.8. The van der Waals surface area contributed by atoms with Crippen molar-refractivity contribution in [1.82, 2.24) is 4.90 Å². The standard InChI is InChI=1S/C26H31NO5/c1-14-7-8-21(15(2)9-14)32-23-11-18-13-27(12-17(18)10-20(23)29)26(30)24-16(3)31-22-6-4-5-19(28)25(22)24/h7-9,17-18,20,23,29H,4-6,10-13H2,1-3H3/t17-,18+,20+,23+/m0/s1. The van der Waals surface area contributed by atoms with Crippen LogP contribution < -0.4 is 4.74 Å². The normalized spacial score (nSPS) is 27.2. The number of rotatable bonds is 3. The van der Waals surface area contributed by atoms with E-state index in [-0.39, 0.29) is 29.6 Å². The van der Waals surface area contributed by atoms with Gasteiger partial charge in [-0.1, -0.05) is 17.7 Å². The second-order valence-corrected chi connectivity index (χ2v) is 9.80. The predicted molar refractivity (Wildman–Crippen MR) is 119 cm³/mol. The van der Waals surface area contributed by atoms with Gasteiger partial charge in [-0.15, -0.1) is 0 Å². The smallest absolute Gasteiger partial charge is 0.258 e. The van der Waals surface area contributed by atoms with Gasteiger partial charge in [-0.3, -0.25) is 9.59 Å². The van der Waals surface area contributed by atoms with Crippen LogP contribution in [0, 0.1) is 32.6 Å². The Morgan fingerprint density at radius 3 is 2.62 bits per heavy atom. The summed E-state index contributed by atoms with van der Waals surface area (Å²) >= 11 is 0. The van der Waals surface area contributed by atoms with E-state index >= 15 is 0 Å². The fourth-order valence-corrected chi connectivity index (χ4v) is 5.80. The summed E-state index contributed by atoms with van der Waals surface area (Å²) in [5.41, 5.74) is 3.20. The number of hydrogen-bond donors (Lipinski definition) is 1. The number of benzene rings is 1. The Morgan fingerprint density at radius 1 is 1.12 bits per heavy atom. The zero-order chi connectivity index (χ0) is 22.6. The Balaban J connectivity index is 1.31. The number of likely N-dealkylation sites (tertiary alicyclic amines) is 1. The third kappa shape index (κ3) is 3.64. The van der Waals surface area contributed by atoms with Crippen LogP contribution in [-0.4, -0.2) is 47.0 Å². The summed E-state index contributed by atoms with van der Waals surface area (Å²) in [5.74, 6) is 2.43. The lowest BCUT2D eigenvalue weighted by Gasteiger charge is -2.35. The molecule has 2 aromatic rings. The summed E-state index contributed by atoms with van der Waals surface area (Å²) < 4.78 is 12.0. The van der Waals surface area contributed by atoms with E-state index in [1.54, 1.807) is 6.92 Å². The van der Waals surface area contributed by atoms with Gasteiger partial charge in [0.25, 0.3) is 5.91 Å². The molecule has 1 amide bonds. The first kappa shape index (κ1) is 21.3. The van der Waals surface area contributed by atoms with Gasteiger partial charge in [0.05, 0.1) is 17.2 Å². The second-order valence-electron chi connectivity index (χ2n) is 9.80. The number of aryl methyl sites for hydroxylation is 4. The van der Waals surface area contributed by atoms with Gasteiger partial charge >= 0.3 is 0 Å². The van der Waals surface area contributed by atoms with Crippen LogP contribution in [0.5, 0.6) is 5.75 Å². The van der Waals surface area contributed by atoms with E-state index < -0.39 is 6.10 Å². The summed E-state index contributed by atoms with van der Waals surface area (Å²) in [6, 6.07) is 6.07. The topological polar surface area (TPSA) is 80.0 Å². The number of nitrogens with zero attached hydrogens (tertiary/aromatic N) is 1. The molecule has 6 nitrogen and oxygen atoms in total. The van der Waals surface area contributed by atoms with E-state index in [2.05, 4.69) is 6.07 Å². The van der Waals surface area contributed by atoms with Crippen molar-refractivity contribution >= 4 is 11.7 Å². The number of ether oxygens (including phenoxy) is 1. The van der Waals surface area contributed by atoms with Gasteiger partial charge in [-0.25, -0.2) is 0 Å². The highest BCUT2D eigenvalue weighted by molar-refractivity contribution is 6.10. The quantitative estimate of drug-likeness (QED) is 0.785. The van der Waals surface area contributed by atoms with Crippen LogP contribution in [0.4, 0.5) is 0 Å². The van der Waals surface area contributed by atoms with Crippen LogP contribution in [0.3, 0.4) is 0 Å². The molecule has 1 saturated carbocycles. The van der Waals surface area contributed by atoms with Crippen molar-refractivity contribution < 1.29 is 23.8 Å². The molecule has 2 fully saturated rings. The monoisotopic (exact) mass is 437 g/mol. The van der Waals surface area contributed by atoms with Crippen LogP contribution >= 0.6 is 0 Å². The zero-order valence-electron chi connectivity index (χ0n) is 19.0. The van der Waals surface area contributed by atoms with Gasteiger partial charge < -0.3 is 19.2 Å². The van der Waals surface area contributed by atoms with Gasteiger partial charge in [-0.2, -0.15) is 0 Å².